The average Bonchev–Trinajstić information content (AvgIpc) is 2.65. The summed E-state index contributed by atoms with van der Waals surface area (Å²) in [5.74, 6) is -1.64. The Hall–Kier alpha value is -3.29. The second kappa shape index (κ2) is 11.4. The van der Waals surface area contributed by atoms with Gasteiger partial charge in [-0.25, -0.2) is 9.78 Å². The molecule has 1 aromatic heterocycles. The Morgan fingerprint density at radius 1 is 0.893 bits per heavy atom. The quantitative estimate of drug-likeness (QED) is 0.579. The summed E-state index contributed by atoms with van der Waals surface area (Å²) < 4.78 is 0. The van der Waals surface area contributed by atoms with Gasteiger partial charge in [0.2, 0.25) is 0 Å². The van der Waals surface area contributed by atoms with Crippen molar-refractivity contribution < 1.29 is 24.8 Å². The molecule has 28 heavy (non-hydrogen) atoms. The van der Waals surface area contributed by atoms with Gasteiger partial charge in [0.25, 0.3) is 5.82 Å². The number of hydrogen-bond donors (Lipinski definition) is 3. The standard InChI is InChI=1S/2C7H5ClO2.C5H7N3/c2*8-6-3-1-2-5(4-6)7(9)10;6-4-2-1-3-8-5(4)7/h2*1-4H,(H,9,10);1-3H,6H2,(H2,7,8). The molecule has 3 rings (SSSR count). The van der Waals surface area contributed by atoms with Crippen LogP contribution in [0.1, 0.15) is 20.7 Å². The molecule has 0 unspecified atom stereocenters. The van der Waals surface area contributed by atoms with Crippen molar-refractivity contribution in [1.82, 2.24) is 0 Å². The molecular weight excluding hydrogens is 405 g/mol. The number of aromatic carboxylic acids is 2. The molecule has 9 heteroatoms. The lowest BCUT2D eigenvalue weighted by molar-refractivity contribution is -0.359. The van der Waals surface area contributed by atoms with Gasteiger partial charge in [-0.15, -0.1) is 0 Å². The number of halogens is 2. The van der Waals surface area contributed by atoms with Crippen molar-refractivity contribution in [3.63, 3.8) is 0 Å². The summed E-state index contributed by atoms with van der Waals surface area (Å²) in [4.78, 5) is 23.2. The highest BCUT2D eigenvalue weighted by Crippen LogP contribution is 2.10. The Morgan fingerprint density at radius 3 is 1.75 bits per heavy atom. The van der Waals surface area contributed by atoms with E-state index in [-0.39, 0.29) is 11.1 Å². The van der Waals surface area contributed by atoms with E-state index in [1.165, 1.54) is 24.3 Å². The number of carbonyl (C=O) groups excluding carboxylic acids is 1. The average molecular weight is 422 g/mol. The molecule has 146 valence electrons. The van der Waals surface area contributed by atoms with E-state index in [1.54, 1.807) is 42.6 Å². The highest BCUT2D eigenvalue weighted by atomic mass is 35.5. The Bertz CT molecular complexity index is 875. The summed E-state index contributed by atoms with van der Waals surface area (Å²) in [5, 5.41) is 19.5. The van der Waals surface area contributed by atoms with Crippen molar-refractivity contribution in [2.75, 3.05) is 11.5 Å². The molecule has 1 heterocycles. The van der Waals surface area contributed by atoms with Crippen molar-refractivity contribution in [1.29, 1.82) is 0 Å². The van der Waals surface area contributed by atoms with E-state index in [4.69, 9.17) is 39.8 Å². The summed E-state index contributed by atoms with van der Waals surface area (Å²) in [5.41, 5.74) is 11.6. The molecule has 0 spiro atoms. The van der Waals surface area contributed by atoms with Gasteiger partial charge < -0.3 is 20.7 Å². The first-order valence-corrected chi connectivity index (χ1v) is 8.43. The number of H-pyrrole nitrogens is 1. The zero-order valence-corrected chi connectivity index (χ0v) is 15.9. The molecular formula is C19H17Cl2N3O4. The van der Waals surface area contributed by atoms with Gasteiger partial charge in [-0.3, -0.25) is 5.73 Å². The van der Waals surface area contributed by atoms with Crippen molar-refractivity contribution in [3.8, 4) is 0 Å². The number of carbonyl (C=O) groups is 2. The van der Waals surface area contributed by atoms with Gasteiger partial charge >= 0.3 is 5.97 Å². The van der Waals surface area contributed by atoms with Crippen molar-refractivity contribution in [2.45, 2.75) is 0 Å². The number of aromatic nitrogens is 1. The molecule has 0 saturated carbocycles. The monoisotopic (exact) mass is 421 g/mol. The van der Waals surface area contributed by atoms with Gasteiger partial charge in [0.15, 0.2) is 0 Å². The van der Waals surface area contributed by atoms with E-state index >= 15 is 0 Å². The number of hydrogen-bond acceptors (Lipinski definition) is 5. The Labute approximate surface area is 171 Å². The molecule has 0 amide bonds. The van der Waals surface area contributed by atoms with E-state index < -0.39 is 11.9 Å². The van der Waals surface area contributed by atoms with Crippen LogP contribution in [0.5, 0.6) is 0 Å². The third-order valence-corrected chi connectivity index (χ3v) is 3.52. The third kappa shape index (κ3) is 8.39. The van der Waals surface area contributed by atoms with Crippen LogP contribution in [0.3, 0.4) is 0 Å². The molecule has 0 aliphatic heterocycles. The molecule has 2 aromatic carbocycles. The molecule has 7 nitrogen and oxygen atoms in total. The van der Waals surface area contributed by atoms with E-state index in [1.807, 2.05) is 0 Å². The highest BCUT2D eigenvalue weighted by molar-refractivity contribution is 6.31. The third-order valence-electron chi connectivity index (χ3n) is 3.05. The lowest BCUT2D eigenvalue weighted by Gasteiger charge is -2.00. The Balaban J connectivity index is 0.000000212. The summed E-state index contributed by atoms with van der Waals surface area (Å²) in [6, 6.07) is 15.6. The van der Waals surface area contributed by atoms with Crippen LogP contribution in [0.2, 0.25) is 10.0 Å². The van der Waals surface area contributed by atoms with Crippen molar-refractivity contribution >= 4 is 46.6 Å². The van der Waals surface area contributed by atoms with Gasteiger partial charge in [0.05, 0.1) is 17.7 Å². The topological polar surface area (TPSA) is 144 Å². The first kappa shape index (κ1) is 22.8. The molecule has 6 N–H and O–H groups in total. The van der Waals surface area contributed by atoms with E-state index in [0.29, 0.717) is 21.6 Å². The predicted molar refractivity (Wildman–Crippen MR) is 106 cm³/mol. The number of benzene rings is 2. The summed E-state index contributed by atoms with van der Waals surface area (Å²) in [6.45, 7) is 0. The lowest BCUT2D eigenvalue weighted by atomic mass is 10.2. The maximum Gasteiger partial charge on any atom is 0.335 e. The molecule has 0 fully saturated rings. The fraction of sp³-hybridized carbons (Fsp3) is 0. The molecule has 0 atom stereocenters. The maximum atomic E-state index is 10.3. The number of aromatic amines is 1. The summed E-state index contributed by atoms with van der Waals surface area (Å²) >= 11 is 11.0. The number of nitrogens with one attached hydrogen (secondary N) is 1. The van der Waals surface area contributed by atoms with Crippen LogP contribution in [0.15, 0.2) is 66.9 Å². The SMILES string of the molecule is Nc1ccc[nH+]c1N.O=C(O)c1cccc(Cl)c1.O=C([O-])c1cccc(Cl)c1. The zero-order valence-electron chi connectivity index (χ0n) is 14.4. The Morgan fingerprint density at radius 2 is 1.43 bits per heavy atom. The van der Waals surface area contributed by atoms with Crippen molar-refractivity contribution in [3.05, 3.63) is 88.0 Å². The van der Waals surface area contributed by atoms with Crippen molar-refractivity contribution in [2.24, 2.45) is 0 Å². The van der Waals surface area contributed by atoms with Crippen LogP contribution >= 0.6 is 23.2 Å². The van der Waals surface area contributed by atoms with E-state index in [2.05, 4.69) is 4.98 Å². The molecule has 0 aliphatic carbocycles. The van der Waals surface area contributed by atoms with Crippen LogP contribution in [-0.2, 0) is 0 Å². The number of pyridine rings is 1. The molecule has 0 radical (unpaired) electrons. The first-order valence-electron chi connectivity index (χ1n) is 7.68. The second-order valence-corrected chi connectivity index (χ2v) is 6.03. The fourth-order valence-corrected chi connectivity index (χ4v) is 2.08. The molecule has 0 saturated heterocycles. The number of anilines is 2. The number of nitrogens with two attached hydrogens (primary N) is 2. The number of carboxylic acid groups (broad SMARTS) is 2. The number of rotatable bonds is 2. The van der Waals surface area contributed by atoms with Gasteiger partial charge in [-0.05, 0) is 48.0 Å². The zero-order chi connectivity index (χ0) is 21.1. The van der Waals surface area contributed by atoms with Crippen LogP contribution < -0.4 is 21.6 Å². The number of carboxylic acids is 2. The largest absolute Gasteiger partial charge is 0.545 e. The van der Waals surface area contributed by atoms with Gasteiger partial charge in [-0.2, -0.15) is 0 Å². The number of nitrogen functional groups attached to an aromatic ring is 2. The fourth-order valence-electron chi connectivity index (χ4n) is 1.70. The van der Waals surface area contributed by atoms with Crippen LogP contribution in [-0.4, -0.2) is 17.0 Å². The second-order valence-electron chi connectivity index (χ2n) is 5.15. The smallest absolute Gasteiger partial charge is 0.335 e. The Kier molecular flexibility index (Phi) is 9.29. The molecule has 0 bridgehead atoms. The van der Waals surface area contributed by atoms with Crippen LogP contribution in [0, 0.1) is 0 Å². The van der Waals surface area contributed by atoms with Gasteiger partial charge in [0.1, 0.15) is 5.69 Å². The first-order chi connectivity index (χ1) is 13.2. The van der Waals surface area contributed by atoms with E-state index in [0.717, 1.165) is 0 Å². The predicted octanol–water partition coefficient (Wildman–Crippen LogP) is 2.41. The summed E-state index contributed by atoms with van der Waals surface area (Å²) in [7, 11) is 0. The minimum Gasteiger partial charge on any atom is -0.545 e. The lowest BCUT2D eigenvalue weighted by Crippen LogP contribution is -2.21. The van der Waals surface area contributed by atoms with Gasteiger partial charge in [-0.1, -0.05) is 41.4 Å². The normalized spacial score (nSPS) is 9.21. The molecule has 3 aromatic rings. The maximum absolute atomic E-state index is 10.3. The van der Waals surface area contributed by atoms with E-state index in [9.17, 15) is 14.7 Å². The summed E-state index contributed by atoms with van der Waals surface area (Å²) in [6.07, 6.45) is 1.73. The van der Waals surface area contributed by atoms with Crippen LogP contribution in [0.4, 0.5) is 11.5 Å². The minimum atomic E-state index is -1.21. The van der Waals surface area contributed by atoms with Crippen LogP contribution in [0.25, 0.3) is 0 Å². The highest BCUT2D eigenvalue weighted by Gasteiger charge is 2.00. The molecule has 0 aliphatic rings. The van der Waals surface area contributed by atoms with Gasteiger partial charge in [0, 0.05) is 10.0 Å². The minimum absolute atomic E-state index is 0.104.